The molecule has 0 saturated heterocycles. The summed E-state index contributed by atoms with van der Waals surface area (Å²) in [5.41, 5.74) is 3.13. The third kappa shape index (κ3) is 11.0. The number of aromatic amines is 3. The molecule has 0 saturated carbocycles. The lowest BCUT2D eigenvalue weighted by Gasteiger charge is -1.98. The van der Waals surface area contributed by atoms with Gasteiger partial charge in [-0.3, -0.25) is 49.5 Å². The number of aryl methyl sites for hydroxylation is 4. The van der Waals surface area contributed by atoms with Crippen molar-refractivity contribution >= 4 is 34.6 Å². The minimum absolute atomic E-state index is 0.00870. The first-order valence-electron chi connectivity index (χ1n) is 13.1. The maximum Gasteiger partial charge on any atom is 0.291 e. The Morgan fingerprint density at radius 3 is 1.60 bits per heavy atom. The summed E-state index contributed by atoms with van der Waals surface area (Å²) in [5, 5.41) is 56.5. The third-order valence-electron chi connectivity index (χ3n) is 5.83. The van der Waals surface area contributed by atoms with Crippen molar-refractivity contribution in [2.75, 3.05) is 0 Å². The van der Waals surface area contributed by atoms with Crippen LogP contribution in [-0.2, 0) is 0 Å². The molecule has 0 aliphatic carbocycles. The van der Waals surface area contributed by atoms with Crippen LogP contribution in [0.3, 0.4) is 0 Å². The highest BCUT2D eigenvalue weighted by Crippen LogP contribution is 2.22. The Morgan fingerprint density at radius 1 is 0.720 bits per heavy atom. The first-order chi connectivity index (χ1) is 23.3. The van der Waals surface area contributed by atoms with E-state index in [1.54, 1.807) is 31.2 Å². The quantitative estimate of drug-likeness (QED) is 0.134. The Morgan fingerprint density at radius 2 is 1.16 bits per heavy atom. The number of hydrogen-bond donors (Lipinski definition) is 4. The van der Waals surface area contributed by atoms with Crippen molar-refractivity contribution < 1.29 is 19.6 Å². The normalized spacial score (nSPS) is 9.32. The predicted octanol–water partition coefficient (Wildman–Crippen LogP) is 2.53. The van der Waals surface area contributed by atoms with Gasteiger partial charge in [0.15, 0.2) is 0 Å². The molecule has 4 aromatic rings. The van der Waals surface area contributed by atoms with Gasteiger partial charge in [0.1, 0.15) is 45.7 Å². The summed E-state index contributed by atoms with van der Waals surface area (Å²) in [7, 11) is 0. The molecule has 0 radical (unpaired) electrons. The standard InChI is InChI=1S/C7H4ClN3O2.C7H7N3O4.C7H5N3O3.C7H6N2O/c1-4-6(11(12)13)2-5(3-9)7(8)10-4;1-3-5(10(13)14)2-4(6(8)11)7(12)9-3;1-4-6(10(12)13)2-5(3-8)7(11)9-4;1-5-2-3-6(4-8)7(10)9-5/h2H,1H3;2H,1H3,(H2,8,11)(H,9,12);2H,1H3,(H,9,11);2-3H,1H3,(H,9,10). The number of nitrogens with one attached hydrogen (secondary N) is 3. The van der Waals surface area contributed by atoms with Crippen LogP contribution in [0.25, 0.3) is 0 Å². The van der Waals surface area contributed by atoms with Crippen LogP contribution in [0.5, 0.6) is 0 Å². The van der Waals surface area contributed by atoms with E-state index in [-0.39, 0.29) is 61.5 Å². The van der Waals surface area contributed by atoms with Crippen LogP contribution in [-0.4, -0.2) is 40.6 Å². The molecule has 4 rings (SSSR count). The minimum Gasteiger partial charge on any atom is -0.365 e. The molecule has 0 bridgehead atoms. The molecule has 22 heteroatoms. The molecule has 50 heavy (non-hydrogen) atoms. The number of hydrogen-bond acceptors (Lipinski definition) is 14. The van der Waals surface area contributed by atoms with Crippen LogP contribution in [0.1, 0.15) is 49.8 Å². The number of nitrogens with two attached hydrogens (primary N) is 1. The van der Waals surface area contributed by atoms with Crippen LogP contribution < -0.4 is 22.4 Å². The number of aromatic nitrogens is 4. The smallest absolute Gasteiger partial charge is 0.291 e. The van der Waals surface area contributed by atoms with Gasteiger partial charge in [0.2, 0.25) is 0 Å². The molecule has 0 aliphatic heterocycles. The molecule has 5 N–H and O–H groups in total. The number of halogens is 1. The summed E-state index contributed by atoms with van der Waals surface area (Å²) >= 11 is 5.55. The second-order valence-corrected chi connectivity index (χ2v) is 9.69. The molecule has 4 aromatic heterocycles. The molecule has 0 aliphatic rings. The predicted molar refractivity (Wildman–Crippen MR) is 172 cm³/mol. The van der Waals surface area contributed by atoms with Gasteiger partial charge in [0.05, 0.1) is 31.7 Å². The van der Waals surface area contributed by atoms with Gasteiger partial charge in [-0.05, 0) is 39.8 Å². The molecule has 4 heterocycles. The van der Waals surface area contributed by atoms with Crippen molar-refractivity contribution in [3.63, 3.8) is 0 Å². The van der Waals surface area contributed by atoms with Gasteiger partial charge in [0, 0.05) is 23.9 Å². The van der Waals surface area contributed by atoms with Crippen molar-refractivity contribution in [1.82, 2.24) is 19.9 Å². The average molecular weight is 708 g/mol. The van der Waals surface area contributed by atoms with Crippen molar-refractivity contribution in [2.45, 2.75) is 27.7 Å². The maximum absolute atomic E-state index is 11.1. The fraction of sp³-hybridized carbons (Fsp3) is 0.143. The molecule has 0 aromatic carbocycles. The van der Waals surface area contributed by atoms with E-state index in [9.17, 15) is 49.5 Å². The van der Waals surface area contributed by atoms with Crippen LogP contribution in [0.2, 0.25) is 5.15 Å². The lowest BCUT2D eigenvalue weighted by Crippen LogP contribution is -2.24. The number of amides is 1. The summed E-state index contributed by atoms with van der Waals surface area (Å²) in [5.74, 6) is -0.991. The topological polar surface area (TPSA) is 355 Å². The van der Waals surface area contributed by atoms with E-state index >= 15 is 0 Å². The first-order valence-corrected chi connectivity index (χ1v) is 13.4. The van der Waals surface area contributed by atoms with Crippen molar-refractivity contribution in [3.05, 3.63) is 142 Å². The van der Waals surface area contributed by atoms with Crippen molar-refractivity contribution in [2.24, 2.45) is 5.73 Å². The van der Waals surface area contributed by atoms with E-state index in [2.05, 4.69) is 19.9 Å². The van der Waals surface area contributed by atoms with Crippen LogP contribution in [0.15, 0.2) is 44.7 Å². The lowest BCUT2D eigenvalue weighted by molar-refractivity contribution is -0.385. The number of nitriles is 3. The van der Waals surface area contributed by atoms with E-state index in [4.69, 9.17) is 33.1 Å². The Balaban J connectivity index is 0.000000335. The Labute approximate surface area is 283 Å². The largest absolute Gasteiger partial charge is 0.365 e. The summed E-state index contributed by atoms with van der Waals surface area (Å²) < 4.78 is 0. The second kappa shape index (κ2) is 17.9. The van der Waals surface area contributed by atoms with Crippen LogP contribution in [0.4, 0.5) is 17.1 Å². The number of pyridine rings is 4. The number of carbonyl (C=O) groups excluding carboxylic acids is 1. The molecule has 21 nitrogen and oxygen atoms in total. The van der Waals surface area contributed by atoms with Crippen LogP contribution in [0, 0.1) is 92.0 Å². The van der Waals surface area contributed by atoms with E-state index in [1.165, 1.54) is 26.8 Å². The fourth-order valence-corrected chi connectivity index (χ4v) is 3.58. The Bertz CT molecular complexity index is 2310. The van der Waals surface area contributed by atoms with Gasteiger partial charge in [-0.25, -0.2) is 4.98 Å². The second-order valence-electron chi connectivity index (χ2n) is 9.33. The van der Waals surface area contributed by atoms with E-state index < -0.39 is 37.4 Å². The monoisotopic (exact) mass is 707 g/mol. The fourth-order valence-electron chi connectivity index (χ4n) is 3.36. The molecular formula is C28H22ClN11O10. The van der Waals surface area contributed by atoms with Gasteiger partial charge in [-0.2, -0.15) is 15.8 Å². The molecular weight excluding hydrogens is 686 g/mol. The Kier molecular flexibility index (Phi) is 14.5. The van der Waals surface area contributed by atoms with E-state index in [1.807, 2.05) is 0 Å². The molecule has 256 valence electrons. The first kappa shape index (κ1) is 40.5. The van der Waals surface area contributed by atoms with Crippen molar-refractivity contribution in [3.8, 4) is 18.2 Å². The number of nitrogens with zero attached hydrogens (tertiary/aromatic N) is 7. The van der Waals surface area contributed by atoms with Gasteiger partial charge < -0.3 is 20.7 Å². The maximum atomic E-state index is 11.1. The number of rotatable bonds is 4. The molecule has 0 unspecified atom stereocenters. The van der Waals surface area contributed by atoms with E-state index in [0.29, 0.717) is 0 Å². The lowest BCUT2D eigenvalue weighted by atomic mass is 10.2. The highest BCUT2D eigenvalue weighted by molar-refractivity contribution is 6.30. The number of H-pyrrole nitrogens is 3. The summed E-state index contributed by atoms with van der Waals surface area (Å²) in [6.45, 7) is 6.00. The third-order valence-corrected chi connectivity index (χ3v) is 6.12. The average Bonchev–Trinajstić information content (AvgIpc) is 3.01. The number of carbonyl (C=O) groups is 1. The summed E-state index contributed by atoms with van der Waals surface area (Å²) in [6.07, 6.45) is 0. The SMILES string of the molecule is Cc1[nH]c(=O)c(C#N)cc1[N+](=O)[O-].Cc1[nH]c(=O)c(C(N)=O)cc1[N+](=O)[O-].Cc1ccc(C#N)c(=O)[nH]1.Cc1nc(Cl)c(C#N)cc1[N+](=O)[O-]. The highest BCUT2D eigenvalue weighted by Gasteiger charge is 2.18. The van der Waals surface area contributed by atoms with Gasteiger partial charge >= 0.3 is 0 Å². The zero-order valence-corrected chi connectivity index (χ0v) is 26.8. The summed E-state index contributed by atoms with van der Waals surface area (Å²) in [6, 6.07) is 11.2. The zero-order chi connectivity index (χ0) is 38.5. The molecule has 1 amide bonds. The van der Waals surface area contributed by atoms with Gasteiger partial charge in [-0.15, -0.1) is 0 Å². The van der Waals surface area contributed by atoms with E-state index in [0.717, 1.165) is 23.9 Å². The Hall–Kier alpha value is -7.57. The molecule has 0 spiro atoms. The molecule has 0 fully saturated rings. The minimum atomic E-state index is -0.991. The van der Waals surface area contributed by atoms with Gasteiger partial charge in [-0.1, -0.05) is 11.6 Å². The molecule has 0 atom stereocenters. The number of primary amides is 1. The van der Waals surface area contributed by atoms with Gasteiger partial charge in [0.25, 0.3) is 39.6 Å². The summed E-state index contributed by atoms with van der Waals surface area (Å²) in [4.78, 5) is 83.4. The zero-order valence-electron chi connectivity index (χ0n) is 26.1. The van der Waals surface area contributed by atoms with Crippen LogP contribution >= 0.6 is 11.6 Å². The van der Waals surface area contributed by atoms with Crippen molar-refractivity contribution in [1.29, 1.82) is 15.8 Å². The highest BCUT2D eigenvalue weighted by atomic mass is 35.5. The number of nitro groups is 3.